The zero-order valence-electron chi connectivity index (χ0n) is 10.7. The zero-order valence-corrected chi connectivity index (χ0v) is 13.0. The van der Waals surface area contributed by atoms with Gasteiger partial charge in [-0.25, -0.2) is 4.39 Å². The Morgan fingerprint density at radius 1 is 1.29 bits per heavy atom. The normalized spacial score (nSPS) is 10.4. The predicted molar refractivity (Wildman–Crippen MR) is 86.6 cm³/mol. The van der Waals surface area contributed by atoms with E-state index in [1.165, 1.54) is 23.9 Å². The average Bonchev–Trinajstić information content (AvgIpc) is 2.41. The lowest BCUT2D eigenvalue weighted by Crippen LogP contribution is -2.14. The van der Waals surface area contributed by atoms with Crippen LogP contribution < -0.4 is 11.1 Å². The Morgan fingerprint density at radius 2 is 2.05 bits per heavy atom. The molecule has 0 spiro atoms. The first-order chi connectivity index (χ1) is 9.95. The van der Waals surface area contributed by atoms with Crippen molar-refractivity contribution < 1.29 is 9.18 Å². The third-order valence-electron chi connectivity index (χ3n) is 2.49. The van der Waals surface area contributed by atoms with Crippen LogP contribution in [0.1, 0.15) is 0 Å². The van der Waals surface area contributed by atoms with E-state index in [0.29, 0.717) is 21.3 Å². The number of nitrogens with one attached hydrogen (secondary N) is 1. The summed E-state index contributed by atoms with van der Waals surface area (Å²) in [5.74, 6) is -0.603. The van der Waals surface area contributed by atoms with E-state index in [4.69, 9.17) is 28.9 Å². The third kappa shape index (κ3) is 4.52. The first kappa shape index (κ1) is 15.9. The van der Waals surface area contributed by atoms with Crippen molar-refractivity contribution in [3.8, 4) is 0 Å². The molecule has 2 rings (SSSR count). The summed E-state index contributed by atoms with van der Waals surface area (Å²) in [4.78, 5) is 12.4. The third-order valence-corrected chi connectivity index (χ3v) is 4.28. The van der Waals surface area contributed by atoms with Crippen molar-refractivity contribution in [3.05, 3.63) is 52.3 Å². The van der Waals surface area contributed by atoms with Gasteiger partial charge >= 0.3 is 0 Å². The molecule has 0 aromatic heterocycles. The fourth-order valence-corrected chi connectivity index (χ4v) is 2.74. The SMILES string of the molecule is Nc1cc(F)cc(SCC(=O)Nc2cccc(Cl)c2Cl)c1. The van der Waals surface area contributed by atoms with Gasteiger partial charge in [0.05, 0.1) is 21.5 Å². The van der Waals surface area contributed by atoms with Gasteiger partial charge in [0.15, 0.2) is 0 Å². The fraction of sp³-hybridized carbons (Fsp3) is 0.0714. The molecule has 0 aliphatic heterocycles. The molecule has 0 bridgehead atoms. The smallest absolute Gasteiger partial charge is 0.234 e. The van der Waals surface area contributed by atoms with Gasteiger partial charge in [0.25, 0.3) is 0 Å². The van der Waals surface area contributed by atoms with Crippen LogP contribution in [0.5, 0.6) is 0 Å². The Labute approximate surface area is 135 Å². The zero-order chi connectivity index (χ0) is 15.4. The molecule has 7 heteroatoms. The number of hydrogen-bond donors (Lipinski definition) is 2. The summed E-state index contributed by atoms with van der Waals surface area (Å²) in [6.45, 7) is 0. The molecule has 0 fully saturated rings. The standard InChI is InChI=1S/C14H11Cl2FN2OS/c15-11-2-1-3-12(14(11)16)19-13(20)7-21-10-5-8(17)4-9(18)6-10/h1-6H,7,18H2,(H,19,20). The number of carbonyl (C=O) groups excluding carboxylic acids is 1. The summed E-state index contributed by atoms with van der Waals surface area (Å²) < 4.78 is 13.2. The van der Waals surface area contributed by atoms with Gasteiger partial charge in [0.2, 0.25) is 5.91 Å². The highest BCUT2D eigenvalue weighted by Gasteiger charge is 2.09. The maximum absolute atomic E-state index is 13.2. The van der Waals surface area contributed by atoms with Crippen LogP contribution >= 0.6 is 35.0 Å². The molecule has 0 radical (unpaired) electrons. The molecule has 0 saturated carbocycles. The molecule has 0 aliphatic carbocycles. The summed E-state index contributed by atoms with van der Waals surface area (Å²) in [5, 5.41) is 3.30. The molecular formula is C14H11Cl2FN2OS. The Kier molecular flexibility index (Phi) is 5.33. The van der Waals surface area contributed by atoms with E-state index in [1.807, 2.05) is 0 Å². The molecule has 21 heavy (non-hydrogen) atoms. The van der Waals surface area contributed by atoms with Gasteiger partial charge in [-0.3, -0.25) is 4.79 Å². The first-order valence-electron chi connectivity index (χ1n) is 5.88. The molecule has 3 nitrogen and oxygen atoms in total. The maximum atomic E-state index is 13.2. The molecule has 2 aromatic carbocycles. The van der Waals surface area contributed by atoms with Gasteiger partial charge in [0.1, 0.15) is 5.82 Å². The number of benzene rings is 2. The van der Waals surface area contributed by atoms with E-state index in [1.54, 1.807) is 24.3 Å². The molecule has 0 saturated heterocycles. The quantitative estimate of drug-likeness (QED) is 0.636. The van der Waals surface area contributed by atoms with Crippen molar-refractivity contribution in [1.29, 1.82) is 0 Å². The molecular weight excluding hydrogens is 334 g/mol. The number of thioether (sulfide) groups is 1. The molecule has 0 atom stereocenters. The summed E-state index contributed by atoms with van der Waals surface area (Å²) in [6.07, 6.45) is 0. The monoisotopic (exact) mass is 344 g/mol. The van der Waals surface area contributed by atoms with Crippen molar-refractivity contribution in [2.45, 2.75) is 4.90 Å². The van der Waals surface area contributed by atoms with E-state index in [9.17, 15) is 9.18 Å². The highest BCUT2D eigenvalue weighted by molar-refractivity contribution is 8.00. The fourth-order valence-electron chi connectivity index (χ4n) is 1.60. The van der Waals surface area contributed by atoms with E-state index < -0.39 is 5.82 Å². The number of anilines is 2. The van der Waals surface area contributed by atoms with E-state index in [2.05, 4.69) is 5.32 Å². The van der Waals surface area contributed by atoms with Crippen LogP contribution in [0.4, 0.5) is 15.8 Å². The summed E-state index contributed by atoms with van der Waals surface area (Å²) >= 11 is 13.0. The number of nitrogen functional groups attached to an aromatic ring is 1. The lowest BCUT2D eigenvalue weighted by molar-refractivity contribution is -0.113. The summed E-state index contributed by atoms with van der Waals surface area (Å²) in [7, 11) is 0. The number of amides is 1. The van der Waals surface area contributed by atoms with Gasteiger partial charge in [-0.2, -0.15) is 0 Å². The Bertz CT molecular complexity index is 662. The van der Waals surface area contributed by atoms with Crippen molar-refractivity contribution >= 4 is 52.2 Å². The number of hydrogen-bond acceptors (Lipinski definition) is 3. The van der Waals surface area contributed by atoms with Crippen LogP contribution in [0.2, 0.25) is 10.0 Å². The summed E-state index contributed by atoms with van der Waals surface area (Å²) in [5.41, 5.74) is 6.29. The minimum atomic E-state index is -0.434. The minimum absolute atomic E-state index is 0.103. The van der Waals surface area contributed by atoms with Gasteiger partial charge < -0.3 is 11.1 Å². The van der Waals surface area contributed by atoms with Gasteiger partial charge in [-0.1, -0.05) is 29.3 Å². The van der Waals surface area contributed by atoms with Crippen molar-refractivity contribution in [2.24, 2.45) is 0 Å². The first-order valence-corrected chi connectivity index (χ1v) is 7.62. The van der Waals surface area contributed by atoms with Crippen LogP contribution in [0.3, 0.4) is 0 Å². The predicted octanol–water partition coefficient (Wildman–Crippen LogP) is 4.45. The van der Waals surface area contributed by atoms with Crippen molar-refractivity contribution in [2.75, 3.05) is 16.8 Å². The van der Waals surface area contributed by atoms with Crippen LogP contribution in [0.15, 0.2) is 41.3 Å². The lowest BCUT2D eigenvalue weighted by atomic mass is 10.3. The Hall–Kier alpha value is -1.43. The minimum Gasteiger partial charge on any atom is -0.399 e. The Balaban J connectivity index is 1.97. The number of rotatable bonds is 4. The van der Waals surface area contributed by atoms with E-state index >= 15 is 0 Å². The second-order valence-electron chi connectivity index (χ2n) is 4.16. The lowest BCUT2D eigenvalue weighted by Gasteiger charge is -2.08. The van der Waals surface area contributed by atoms with Gasteiger partial charge in [0, 0.05) is 10.6 Å². The van der Waals surface area contributed by atoms with Crippen LogP contribution in [-0.2, 0) is 4.79 Å². The average molecular weight is 345 g/mol. The van der Waals surface area contributed by atoms with Crippen molar-refractivity contribution in [1.82, 2.24) is 0 Å². The van der Waals surface area contributed by atoms with Gasteiger partial charge in [-0.15, -0.1) is 11.8 Å². The number of halogens is 3. The van der Waals surface area contributed by atoms with Gasteiger partial charge in [-0.05, 0) is 30.3 Å². The Morgan fingerprint density at radius 3 is 2.76 bits per heavy atom. The number of carbonyl (C=O) groups is 1. The molecule has 1 amide bonds. The second-order valence-corrected chi connectivity index (χ2v) is 5.99. The number of nitrogens with two attached hydrogens (primary N) is 1. The molecule has 0 heterocycles. The molecule has 2 aromatic rings. The second kappa shape index (κ2) is 7.02. The summed E-state index contributed by atoms with van der Waals surface area (Å²) in [6, 6.07) is 9.11. The van der Waals surface area contributed by atoms with Crippen LogP contribution in [0, 0.1) is 5.82 Å². The van der Waals surface area contributed by atoms with E-state index in [-0.39, 0.29) is 16.7 Å². The molecule has 3 N–H and O–H groups in total. The molecule has 0 unspecified atom stereocenters. The highest BCUT2D eigenvalue weighted by Crippen LogP contribution is 2.30. The van der Waals surface area contributed by atoms with Crippen molar-refractivity contribution in [3.63, 3.8) is 0 Å². The van der Waals surface area contributed by atoms with Crippen LogP contribution in [-0.4, -0.2) is 11.7 Å². The molecule has 110 valence electrons. The maximum Gasteiger partial charge on any atom is 0.234 e. The topological polar surface area (TPSA) is 55.1 Å². The van der Waals surface area contributed by atoms with Crippen LogP contribution in [0.25, 0.3) is 0 Å². The highest BCUT2D eigenvalue weighted by atomic mass is 35.5. The largest absolute Gasteiger partial charge is 0.399 e. The van der Waals surface area contributed by atoms with E-state index in [0.717, 1.165) is 0 Å². The molecule has 0 aliphatic rings.